The van der Waals surface area contributed by atoms with Gasteiger partial charge >= 0.3 is 0 Å². The molecule has 1 aliphatic heterocycles. The SMILES string of the molecule is Cc1ccc(CC(=O)C2(c3ccc4c(c3)OCO4)CC2)cc1-c1ccc(CNS(=O)(=O)C(C)C)cc1.[HH]. The number of sulfonamides is 1. The van der Waals surface area contributed by atoms with Crippen molar-refractivity contribution in [2.24, 2.45) is 0 Å². The molecule has 0 radical (unpaired) electrons. The average Bonchev–Trinajstić information content (AvgIpc) is 3.55. The number of ketones is 1. The number of carbonyl (C=O) groups excluding carboxylic acids is 1. The minimum atomic E-state index is -3.31. The van der Waals surface area contributed by atoms with Crippen LogP contribution in [-0.4, -0.2) is 26.2 Å². The van der Waals surface area contributed by atoms with E-state index in [0.29, 0.717) is 12.2 Å². The van der Waals surface area contributed by atoms with Crippen molar-refractivity contribution in [2.45, 2.75) is 57.2 Å². The van der Waals surface area contributed by atoms with E-state index in [0.717, 1.165) is 52.0 Å². The van der Waals surface area contributed by atoms with E-state index in [1.165, 1.54) is 0 Å². The Bertz CT molecular complexity index is 1410. The molecule has 5 rings (SSSR count). The predicted molar refractivity (Wildman–Crippen MR) is 142 cm³/mol. The van der Waals surface area contributed by atoms with E-state index in [4.69, 9.17) is 9.47 Å². The summed E-state index contributed by atoms with van der Waals surface area (Å²) in [6, 6.07) is 19.9. The van der Waals surface area contributed by atoms with Crippen molar-refractivity contribution in [3.63, 3.8) is 0 Å². The van der Waals surface area contributed by atoms with Crippen LogP contribution in [0.3, 0.4) is 0 Å². The lowest BCUT2D eigenvalue weighted by atomic mass is 9.87. The van der Waals surface area contributed by atoms with E-state index in [1.807, 2.05) is 48.5 Å². The molecule has 0 spiro atoms. The summed E-state index contributed by atoms with van der Waals surface area (Å²) in [6.07, 6.45) is 2.08. The van der Waals surface area contributed by atoms with Crippen molar-refractivity contribution < 1.29 is 24.1 Å². The van der Waals surface area contributed by atoms with Crippen LogP contribution in [0.2, 0.25) is 0 Å². The van der Waals surface area contributed by atoms with Gasteiger partial charge in [0.05, 0.1) is 10.7 Å². The molecule has 0 saturated heterocycles. The minimum absolute atomic E-state index is 0. The fraction of sp³-hybridized carbons (Fsp3) is 0.345. The molecule has 6 nitrogen and oxygen atoms in total. The maximum Gasteiger partial charge on any atom is 0.231 e. The zero-order chi connectivity index (χ0) is 25.5. The fourth-order valence-corrected chi connectivity index (χ4v) is 5.35. The number of aryl methyl sites for hydroxylation is 1. The topological polar surface area (TPSA) is 81.7 Å². The molecule has 0 unspecified atom stereocenters. The molecular weight excluding hydrogens is 474 g/mol. The summed E-state index contributed by atoms with van der Waals surface area (Å²) >= 11 is 0. The number of Topliss-reactive ketones (excluding diaryl/α,β-unsaturated/α-hetero) is 1. The van der Waals surface area contributed by atoms with Crippen LogP contribution < -0.4 is 14.2 Å². The molecule has 1 N–H and O–H groups in total. The lowest BCUT2D eigenvalue weighted by Gasteiger charge is -2.16. The number of benzene rings is 3. The second-order valence-electron chi connectivity index (χ2n) is 10.0. The normalized spacial score (nSPS) is 15.8. The van der Waals surface area contributed by atoms with Crippen LogP contribution in [0.4, 0.5) is 0 Å². The molecule has 1 saturated carbocycles. The summed E-state index contributed by atoms with van der Waals surface area (Å²) in [4.78, 5) is 13.4. The summed E-state index contributed by atoms with van der Waals surface area (Å²) < 4.78 is 37.6. The molecule has 7 heteroatoms. The highest BCUT2D eigenvalue weighted by Crippen LogP contribution is 2.51. The minimum Gasteiger partial charge on any atom is -0.454 e. The largest absolute Gasteiger partial charge is 0.454 e. The van der Waals surface area contributed by atoms with Gasteiger partial charge in [0.1, 0.15) is 5.78 Å². The first-order chi connectivity index (χ1) is 17.2. The standard InChI is InChI=1S/C29H31NO5S.H2/c1-19(2)36(32,33)30-17-21-6-8-23(9-7-21)25-14-22(5-4-20(25)3)15-28(31)29(12-13-29)24-10-11-26-27(16-24)35-18-34-26;/h4-11,14,16,19,30H,12-13,15,17-18H2,1-3H3;1H. The Morgan fingerprint density at radius 2 is 1.67 bits per heavy atom. The van der Waals surface area contributed by atoms with Crippen molar-refractivity contribution in [2.75, 3.05) is 6.79 Å². The lowest BCUT2D eigenvalue weighted by molar-refractivity contribution is -0.120. The third-order valence-corrected chi connectivity index (χ3v) is 9.03. The highest BCUT2D eigenvalue weighted by Gasteiger charge is 2.50. The lowest BCUT2D eigenvalue weighted by Crippen LogP contribution is -2.30. The Kier molecular flexibility index (Phi) is 6.39. The molecule has 1 aliphatic carbocycles. The quantitative estimate of drug-likeness (QED) is 0.425. The van der Waals surface area contributed by atoms with Crippen LogP contribution in [0.15, 0.2) is 60.7 Å². The van der Waals surface area contributed by atoms with E-state index < -0.39 is 20.7 Å². The van der Waals surface area contributed by atoms with Crippen LogP contribution in [0.1, 0.15) is 50.4 Å². The summed E-state index contributed by atoms with van der Waals surface area (Å²) in [6.45, 7) is 5.86. The Hall–Kier alpha value is -3.16. The summed E-state index contributed by atoms with van der Waals surface area (Å²) in [7, 11) is -3.31. The summed E-state index contributed by atoms with van der Waals surface area (Å²) in [5.74, 6) is 1.67. The molecule has 0 aromatic heterocycles. The zero-order valence-corrected chi connectivity index (χ0v) is 21.7. The first-order valence-electron chi connectivity index (χ1n) is 12.3. The monoisotopic (exact) mass is 507 g/mol. The third kappa shape index (κ3) is 4.77. The Balaban J connectivity index is 0.00000320. The number of rotatable bonds is 9. The Morgan fingerprint density at radius 3 is 2.36 bits per heavy atom. The number of hydrogen-bond acceptors (Lipinski definition) is 5. The van der Waals surface area contributed by atoms with E-state index >= 15 is 0 Å². The van der Waals surface area contributed by atoms with Crippen molar-refractivity contribution in [3.05, 3.63) is 82.9 Å². The summed E-state index contributed by atoms with van der Waals surface area (Å²) in [5, 5.41) is -0.468. The summed E-state index contributed by atoms with van der Waals surface area (Å²) in [5.41, 5.74) is 5.69. The third-order valence-electron chi connectivity index (χ3n) is 7.24. The number of ether oxygens (including phenoxy) is 2. The van der Waals surface area contributed by atoms with Gasteiger partial charge in [-0.25, -0.2) is 13.1 Å². The molecule has 0 bridgehead atoms. The molecule has 2 aliphatic rings. The van der Waals surface area contributed by atoms with E-state index in [-0.39, 0.29) is 20.5 Å². The van der Waals surface area contributed by atoms with Gasteiger partial charge in [0.15, 0.2) is 11.5 Å². The van der Waals surface area contributed by atoms with E-state index in [1.54, 1.807) is 13.8 Å². The van der Waals surface area contributed by atoms with Gasteiger partial charge in [-0.05, 0) is 79.1 Å². The zero-order valence-electron chi connectivity index (χ0n) is 20.8. The van der Waals surface area contributed by atoms with Gasteiger partial charge in [-0.2, -0.15) is 0 Å². The van der Waals surface area contributed by atoms with Crippen molar-refractivity contribution in [1.29, 1.82) is 0 Å². The average molecular weight is 508 g/mol. The first-order valence-corrected chi connectivity index (χ1v) is 13.8. The van der Waals surface area contributed by atoms with Gasteiger partial charge in [0, 0.05) is 14.4 Å². The maximum absolute atomic E-state index is 13.4. The molecular formula is C29H33NO5S. The van der Waals surface area contributed by atoms with Gasteiger partial charge in [-0.1, -0.05) is 48.5 Å². The maximum atomic E-state index is 13.4. The number of hydrogen-bond donors (Lipinski definition) is 1. The van der Waals surface area contributed by atoms with Crippen molar-refractivity contribution in [1.82, 2.24) is 4.72 Å². The fourth-order valence-electron chi connectivity index (χ4n) is 4.65. The Morgan fingerprint density at radius 1 is 0.972 bits per heavy atom. The van der Waals surface area contributed by atoms with E-state index in [9.17, 15) is 13.2 Å². The second kappa shape index (κ2) is 9.37. The number of nitrogens with one attached hydrogen (secondary N) is 1. The molecule has 190 valence electrons. The molecule has 0 amide bonds. The van der Waals surface area contributed by atoms with Gasteiger partial charge in [-0.3, -0.25) is 4.79 Å². The number of carbonyl (C=O) groups is 1. The van der Waals surface area contributed by atoms with Crippen LogP contribution >= 0.6 is 0 Å². The van der Waals surface area contributed by atoms with E-state index in [2.05, 4.69) is 23.8 Å². The van der Waals surface area contributed by atoms with Gasteiger partial charge in [0.25, 0.3) is 0 Å². The smallest absolute Gasteiger partial charge is 0.231 e. The van der Waals surface area contributed by atoms with Gasteiger partial charge in [-0.15, -0.1) is 0 Å². The molecule has 1 heterocycles. The molecule has 36 heavy (non-hydrogen) atoms. The van der Waals surface area contributed by atoms with Crippen molar-refractivity contribution in [3.8, 4) is 22.6 Å². The first kappa shape index (κ1) is 24.5. The van der Waals surface area contributed by atoms with Crippen LogP contribution in [0.5, 0.6) is 11.5 Å². The molecule has 3 aromatic carbocycles. The van der Waals surface area contributed by atoms with Gasteiger partial charge in [0.2, 0.25) is 16.8 Å². The second-order valence-corrected chi connectivity index (χ2v) is 12.3. The number of fused-ring (bicyclic) bond motifs is 1. The highest BCUT2D eigenvalue weighted by molar-refractivity contribution is 7.90. The molecule has 1 fully saturated rings. The van der Waals surface area contributed by atoms with Crippen molar-refractivity contribution >= 4 is 15.8 Å². The van der Waals surface area contributed by atoms with Crippen LogP contribution in [0.25, 0.3) is 11.1 Å². The van der Waals surface area contributed by atoms with Crippen LogP contribution in [0, 0.1) is 6.92 Å². The van der Waals surface area contributed by atoms with Crippen LogP contribution in [-0.2, 0) is 33.2 Å². The Labute approximate surface area is 214 Å². The van der Waals surface area contributed by atoms with Gasteiger partial charge < -0.3 is 9.47 Å². The predicted octanol–water partition coefficient (Wildman–Crippen LogP) is 5.31. The molecule has 0 atom stereocenters. The molecule has 3 aromatic rings. The highest BCUT2D eigenvalue weighted by atomic mass is 32.2.